The Kier molecular flexibility index (Phi) is 6.48. The predicted octanol–water partition coefficient (Wildman–Crippen LogP) is 2.45. The van der Waals surface area contributed by atoms with Gasteiger partial charge in [0.2, 0.25) is 5.91 Å². The zero-order valence-corrected chi connectivity index (χ0v) is 12.6. The quantitative estimate of drug-likeness (QED) is 0.792. The number of amides is 1. The first-order valence-electron chi connectivity index (χ1n) is 6.35. The van der Waals surface area contributed by atoms with E-state index in [2.05, 4.69) is 15.4 Å². The van der Waals surface area contributed by atoms with Gasteiger partial charge in [0.05, 0.1) is 18.4 Å². The molecule has 0 aliphatic heterocycles. The topological polar surface area (TPSA) is 67.4 Å². The summed E-state index contributed by atoms with van der Waals surface area (Å²) in [6.45, 7) is 4.59. The van der Waals surface area contributed by atoms with Crippen molar-refractivity contribution < 1.29 is 14.3 Å². The van der Waals surface area contributed by atoms with Crippen molar-refractivity contribution in [3.05, 3.63) is 28.8 Å². The molecule has 5 nitrogen and oxygen atoms in total. The first-order valence-corrected chi connectivity index (χ1v) is 6.73. The number of carbonyl (C=O) groups is 2. The SMILES string of the molecule is COC(=O)c1cc(Cl)ccc1NC(=O)CCNC(C)C. The highest BCUT2D eigenvalue weighted by Crippen LogP contribution is 2.21. The van der Waals surface area contributed by atoms with Crippen molar-refractivity contribution >= 4 is 29.2 Å². The second-order valence-corrected chi connectivity index (χ2v) is 5.02. The van der Waals surface area contributed by atoms with Gasteiger partial charge in [-0.25, -0.2) is 4.79 Å². The van der Waals surface area contributed by atoms with Crippen LogP contribution >= 0.6 is 11.6 Å². The third kappa shape index (κ3) is 5.19. The predicted molar refractivity (Wildman–Crippen MR) is 79.2 cm³/mol. The Balaban J connectivity index is 2.71. The van der Waals surface area contributed by atoms with Gasteiger partial charge in [0.15, 0.2) is 0 Å². The first kappa shape index (κ1) is 16.5. The number of halogens is 1. The molecule has 0 fully saturated rings. The minimum Gasteiger partial charge on any atom is -0.465 e. The third-order valence-electron chi connectivity index (χ3n) is 2.57. The minimum absolute atomic E-state index is 0.175. The van der Waals surface area contributed by atoms with Gasteiger partial charge in [-0.3, -0.25) is 4.79 Å². The molecule has 110 valence electrons. The molecule has 1 aromatic rings. The highest BCUT2D eigenvalue weighted by atomic mass is 35.5. The Morgan fingerprint density at radius 1 is 1.35 bits per heavy atom. The lowest BCUT2D eigenvalue weighted by molar-refractivity contribution is -0.116. The van der Waals surface area contributed by atoms with Crippen LogP contribution in [0.2, 0.25) is 5.02 Å². The molecule has 0 radical (unpaired) electrons. The molecule has 1 aromatic carbocycles. The summed E-state index contributed by atoms with van der Waals surface area (Å²) in [6.07, 6.45) is 0.321. The second kappa shape index (κ2) is 7.87. The lowest BCUT2D eigenvalue weighted by atomic mass is 10.1. The van der Waals surface area contributed by atoms with Gasteiger partial charge in [0, 0.05) is 24.0 Å². The fraction of sp³-hybridized carbons (Fsp3) is 0.429. The van der Waals surface area contributed by atoms with Gasteiger partial charge in [-0.05, 0) is 18.2 Å². The number of anilines is 1. The maximum atomic E-state index is 11.8. The van der Waals surface area contributed by atoms with Crippen LogP contribution < -0.4 is 10.6 Å². The van der Waals surface area contributed by atoms with Crippen LogP contribution in [0.3, 0.4) is 0 Å². The van der Waals surface area contributed by atoms with Crippen LogP contribution in [0.5, 0.6) is 0 Å². The molecule has 0 heterocycles. The van der Waals surface area contributed by atoms with Crippen molar-refractivity contribution in [2.75, 3.05) is 19.0 Å². The van der Waals surface area contributed by atoms with E-state index >= 15 is 0 Å². The summed E-state index contributed by atoms with van der Waals surface area (Å²) < 4.78 is 4.66. The molecule has 0 saturated heterocycles. The molecule has 0 atom stereocenters. The van der Waals surface area contributed by atoms with Crippen molar-refractivity contribution in [2.24, 2.45) is 0 Å². The Morgan fingerprint density at radius 2 is 2.05 bits per heavy atom. The summed E-state index contributed by atoms with van der Waals surface area (Å²) in [6, 6.07) is 4.98. The van der Waals surface area contributed by atoms with E-state index in [1.54, 1.807) is 12.1 Å². The molecule has 0 aliphatic rings. The number of hydrogen-bond donors (Lipinski definition) is 2. The number of methoxy groups -OCH3 is 1. The molecule has 0 unspecified atom stereocenters. The van der Waals surface area contributed by atoms with E-state index in [0.717, 1.165) is 0 Å². The van der Waals surface area contributed by atoms with E-state index in [1.807, 2.05) is 13.8 Å². The number of rotatable bonds is 6. The fourth-order valence-electron chi connectivity index (χ4n) is 1.59. The number of ether oxygens (including phenoxy) is 1. The van der Waals surface area contributed by atoms with Gasteiger partial charge >= 0.3 is 5.97 Å². The van der Waals surface area contributed by atoms with Crippen molar-refractivity contribution in [2.45, 2.75) is 26.3 Å². The molecule has 6 heteroatoms. The van der Waals surface area contributed by atoms with Gasteiger partial charge in [-0.2, -0.15) is 0 Å². The van der Waals surface area contributed by atoms with Crippen LogP contribution in [0.1, 0.15) is 30.6 Å². The Labute approximate surface area is 123 Å². The summed E-state index contributed by atoms with van der Waals surface area (Å²) >= 11 is 5.84. The second-order valence-electron chi connectivity index (χ2n) is 4.59. The van der Waals surface area contributed by atoms with Crippen molar-refractivity contribution in [3.8, 4) is 0 Å². The van der Waals surface area contributed by atoms with Crippen molar-refractivity contribution in [1.82, 2.24) is 5.32 Å². The number of nitrogens with one attached hydrogen (secondary N) is 2. The van der Waals surface area contributed by atoms with Gasteiger partial charge < -0.3 is 15.4 Å². The molecule has 20 heavy (non-hydrogen) atoms. The largest absolute Gasteiger partial charge is 0.465 e. The summed E-state index contributed by atoms with van der Waals surface area (Å²) in [7, 11) is 1.28. The van der Waals surface area contributed by atoms with Gasteiger partial charge in [0.1, 0.15) is 0 Å². The van der Waals surface area contributed by atoms with Gasteiger partial charge in [0.25, 0.3) is 0 Å². The van der Waals surface area contributed by atoms with E-state index in [4.69, 9.17) is 11.6 Å². The van der Waals surface area contributed by atoms with Crippen molar-refractivity contribution in [3.63, 3.8) is 0 Å². The maximum absolute atomic E-state index is 11.8. The van der Waals surface area contributed by atoms with E-state index in [1.165, 1.54) is 13.2 Å². The standard InChI is InChI=1S/C14H19ClN2O3/c1-9(2)16-7-6-13(18)17-12-5-4-10(15)8-11(12)14(19)20-3/h4-5,8-9,16H,6-7H2,1-3H3,(H,17,18). The summed E-state index contributed by atoms with van der Waals surface area (Å²) in [5.74, 6) is -0.714. The maximum Gasteiger partial charge on any atom is 0.340 e. The lowest BCUT2D eigenvalue weighted by Crippen LogP contribution is -2.27. The third-order valence-corrected chi connectivity index (χ3v) is 2.80. The van der Waals surface area contributed by atoms with E-state index < -0.39 is 5.97 Å². The van der Waals surface area contributed by atoms with Crippen LogP contribution in [-0.2, 0) is 9.53 Å². The van der Waals surface area contributed by atoms with E-state index in [-0.39, 0.29) is 11.5 Å². The highest BCUT2D eigenvalue weighted by Gasteiger charge is 2.14. The van der Waals surface area contributed by atoms with Gasteiger partial charge in [-0.1, -0.05) is 25.4 Å². The first-order chi connectivity index (χ1) is 9.43. The molecule has 0 bridgehead atoms. The van der Waals surface area contributed by atoms with Crippen LogP contribution in [0.4, 0.5) is 5.69 Å². The Hall–Kier alpha value is -1.59. The van der Waals surface area contributed by atoms with Crippen LogP contribution in [-0.4, -0.2) is 31.6 Å². The Bertz CT molecular complexity index is 489. The summed E-state index contributed by atoms with van der Waals surface area (Å²) in [5, 5.41) is 6.24. The van der Waals surface area contributed by atoms with Crippen LogP contribution in [0.15, 0.2) is 18.2 Å². The Morgan fingerprint density at radius 3 is 2.65 bits per heavy atom. The molecule has 0 aromatic heterocycles. The average molecular weight is 299 g/mol. The molecule has 0 spiro atoms. The molecule has 1 amide bonds. The number of esters is 1. The lowest BCUT2D eigenvalue weighted by Gasteiger charge is -2.11. The smallest absolute Gasteiger partial charge is 0.340 e. The van der Waals surface area contributed by atoms with E-state index in [9.17, 15) is 9.59 Å². The number of hydrogen-bond acceptors (Lipinski definition) is 4. The van der Waals surface area contributed by atoms with Crippen LogP contribution in [0.25, 0.3) is 0 Å². The average Bonchev–Trinajstić information content (AvgIpc) is 2.39. The van der Waals surface area contributed by atoms with Crippen molar-refractivity contribution in [1.29, 1.82) is 0 Å². The molecule has 0 saturated carbocycles. The van der Waals surface area contributed by atoms with Crippen LogP contribution in [0, 0.1) is 0 Å². The highest BCUT2D eigenvalue weighted by molar-refractivity contribution is 6.31. The molecule has 2 N–H and O–H groups in total. The molecule has 0 aliphatic carbocycles. The fourth-order valence-corrected chi connectivity index (χ4v) is 1.76. The van der Waals surface area contributed by atoms with Gasteiger partial charge in [-0.15, -0.1) is 0 Å². The zero-order valence-electron chi connectivity index (χ0n) is 11.8. The number of benzene rings is 1. The molecular weight excluding hydrogens is 280 g/mol. The summed E-state index contributed by atoms with van der Waals surface area (Å²) in [5.41, 5.74) is 0.640. The molecular formula is C14H19ClN2O3. The molecule has 1 rings (SSSR count). The number of carbonyl (C=O) groups excluding carboxylic acids is 2. The summed E-state index contributed by atoms with van der Waals surface area (Å²) in [4.78, 5) is 23.4. The van der Waals surface area contributed by atoms with E-state index in [0.29, 0.717) is 29.7 Å². The normalized spacial score (nSPS) is 10.4. The minimum atomic E-state index is -0.539. The monoisotopic (exact) mass is 298 g/mol. The zero-order chi connectivity index (χ0) is 15.1.